The predicted octanol–water partition coefficient (Wildman–Crippen LogP) is 8.04. The molecule has 68 heavy (non-hydrogen) atoms. The average Bonchev–Trinajstić information content (AvgIpc) is 3.78. The minimum Gasteiger partial charge on any atom is -0.497 e. The van der Waals surface area contributed by atoms with Gasteiger partial charge in [0.05, 0.1) is 53.0 Å². The van der Waals surface area contributed by atoms with Crippen LogP contribution in [0.2, 0.25) is 5.02 Å². The number of rotatable bonds is 13. The maximum atomic E-state index is 15.5. The molecular weight excluding hydrogens is 961 g/mol. The molecule has 1 unspecified atom stereocenters. The lowest BCUT2D eigenvalue weighted by Crippen LogP contribution is -2.38. The van der Waals surface area contributed by atoms with E-state index < -0.39 is 116 Å². The fourth-order valence-electron chi connectivity index (χ4n) is 8.77. The van der Waals surface area contributed by atoms with Crippen molar-refractivity contribution in [2.45, 2.75) is 56.4 Å². The van der Waals surface area contributed by atoms with E-state index in [1.165, 1.54) is 26.3 Å². The molecule has 1 saturated carbocycles. The third kappa shape index (κ3) is 8.15. The Morgan fingerprint density at radius 3 is 2.32 bits per heavy atom. The number of carbonyl (C=O) groups is 1. The molecule has 1 amide bonds. The van der Waals surface area contributed by atoms with Gasteiger partial charge in [0.25, 0.3) is 17.9 Å². The highest BCUT2D eigenvalue weighted by molar-refractivity contribution is 7.92. The number of nitrogens with zero attached hydrogens (tertiary/aromatic N) is 8. The van der Waals surface area contributed by atoms with Crippen LogP contribution in [0.15, 0.2) is 71.5 Å². The first-order chi connectivity index (χ1) is 32.0. The lowest BCUT2D eigenvalue weighted by molar-refractivity contribution is -0.141. The zero-order chi connectivity index (χ0) is 48.9. The molecule has 4 aromatic heterocycles. The van der Waals surface area contributed by atoms with Gasteiger partial charge in [0, 0.05) is 31.0 Å². The van der Waals surface area contributed by atoms with Gasteiger partial charge in [-0.15, -0.1) is 0 Å². The summed E-state index contributed by atoms with van der Waals surface area (Å²) >= 11 is 6.80. The van der Waals surface area contributed by atoms with E-state index in [0.29, 0.717) is 28.1 Å². The number of fused-ring (bicyclic) bond motifs is 5. The van der Waals surface area contributed by atoms with Gasteiger partial charge in [-0.25, -0.2) is 40.3 Å². The molecular formula is C43H33ClF9N9O5S. The molecule has 0 saturated heterocycles. The van der Waals surface area contributed by atoms with E-state index >= 15 is 8.78 Å². The second kappa shape index (κ2) is 16.5. The number of benzene rings is 3. The number of aryl methyl sites for hydroxylation is 1. The maximum Gasteiger partial charge on any atom is 0.433 e. The highest BCUT2D eigenvalue weighted by Crippen LogP contribution is 2.68. The number of halogens is 10. The highest BCUT2D eigenvalue weighted by Gasteiger charge is 2.67. The third-order valence-corrected chi connectivity index (χ3v) is 13.2. The number of methoxy groups -OCH3 is 1. The van der Waals surface area contributed by atoms with Crippen LogP contribution in [0.3, 0.4) is 0 Å². The summed E-state index contributed by atoms with van der Waals surface area (Å²) in [6.07, 6.45) is -8.23. The summed E-state index contributed by atoms with van der Waals surface area (Å²) in [5.74, 6) is -9.72. The summed E-state index contributed by atoms with van der Waals surface area (Å²) in [7, 11) is -1.39. The van der Waals surface area contributed by atoms with Crippen LogP contribution >= 0.6 is 11.6 Å². The summed E-state index contributed by atoms with van der Waals surface area (Å²) < 4.78 is 167. The second-order valence-electron chi connectivity index (χ2n) is 16.3. The standard InChI is InChI=1S/C43H33ClF9N9O5S/c1-59-35-29(10-9-27(44)33(35)40(58-59)61(68(3,65)66)17-19-4-6-23(67-2)7-5-19)62-39(56-38-24(41(62)64)8-11-30(55-38)43(51,52)53)28(14-20-12-21(45)15-22(46)13-20)54-31(63)18-60-36-32(34(57-60)37(47)48)25-16-26(25)42(36,49)50/h4-13,15,25-26,28,37H,14,16-18H2,1-3H3,(H,54,63)/t25-,26+,28?/m0/s1. The van der Waals surface area contributed by atoms with Crippen molar-refractivity contribution < 1.29 is 57.5 Å². The largest absolute Gasteiger partial charge is 0.497 e. The molecule has 2 aliphatic carbocycles. The molecule has 3 aromatic carbocycles. The second-order valence-corrected chi connectivity index (χ2v) is 18.6. The van der Waals surface area contributed by atoms with Crippen molar-refractivity contribution in [3.63, 3.8) is 0 Å². The van der Waals surface area contributed by atoms with Crippen LogP contribution < -0.4 is 19.9 Å². The van der Waals surface area contributed by atoms with Crippen LogP contribution in [-0.2, 0) is 53.5 Å². The van der Waals surface area contributed by atoms with Gasteiger partial charge in [-0.2, -0.15) is 32.1 Å². The normalized spacial score (nSPS) is 16.9. The maximum absolute atomic E-state index is 15.5. The van der Waals surface area contributed by atoms with Gasteiger partial charge in [-0.05, 0) is 72.0 Å². The smallest absolute Gasteiger partial charge is 0.433 e. The van der Waals surface area contributed by atoms with E-state index in [1.807, 2.05) is 0 Å². The highest BCUT2D eigenvalue weighted by atomic mass is 35.5. The fourth-order valence-corrected chi connectivity index (χ4v) is 9.83. The van der Waals surface area contributed by atoms with E-state index in [9.17, 15) is 48.7 Å². The van der Waals surface area contributed by atoms with Gasteiger partial charge in [-0.3, -0.25) is 23.5 Å². The van der Waals surface area contributed by atoms with Gasteiger partial charge in [-0.1, -0.05) is 23.7 Å². The molecule has 3 atom stereocenters. The van der Waals surface area contributed by atoms with Gasteiger partial charge in [0.2, 0.25) is 15.9 Å². The monoisotopic (exact) mass is 993 g/mol. The Hall–Kier alpha value is -6.69. The molecule has 9 rings (SSSR count). The molecule has 356 valence electrons. The van der Waals surface area contributed by atoms with E-state index in [2.05, 4.69) is 25.5 Å². The number of amides is 1. The van der Waals surface area contributed by atoms with Crippen LogP contribution in [0.4, 0.5) is 45.3 Å². The predicted molar refractivity (Wildman–Crippen MR) is 226 cm³/mol. The summed E-state index contributed by atoms with van der Waals surface area (Å²) in [4.78, 5) is 37.0. The molecule has 0 aliphatic heterocycles. The number of nitrogens with one attached hydrogen (secondary N) is 1. The summed E-state index contributed by atoms with van der Waals surface area (Å²) in [6.45, 7) is -1.44. The lowest BCUT2D eigenvalue weighted by Gasteiger charge is -2.24. The van der Waals surface area contributed by atoms with E-state index in [4.69, 9.17) is 16.3 Å². The first-order valence-corrected chi connectivity index (χ1v) is 22.5. The number of aromatic nitrogens is 7. The van der Waals surface area contributed by atoms with Crippen molar-refractivity contribution in [1.82, 2.24) is 39.4 Å². The first-order valence-electron chi connectivity index (χ1n) is 20.2. The van der Waals surface area contributed by atoms with Crippen molar-refractivity contribution in [1.29, 1.82) is 0 Å². The van der Waals surface area contributed by atoms with Gasteiger partial charge >= 0.3 is 6.18 Å². The number of pyridine rings is 1. The molecule has 7 aromatic rings. The Kier molecular flexibility index (Phi) is 11.3. The number of alkyl halides is 7. The SMILES string of the molecule is COc1ccc(CN(c2nn(C)c3c(-n4c(C(Cc5cc(F)cc(F)c5)NC(=O)Cn5nc(C(F)F)c6c5C(F)(F)[C@@H]5C[C@H]65)nc5nc(C(F)(F)F)ccc5c4=O)ccc(Cl)c23)S(C)(=O)=O)cc1. The van der Waals surface area contributed by atoms with E-state index in [1.54, 1.807) is 24.3 Å². The molecule has 2 aliphatic rings. The zero-order valence-corrected chi connectivity index (χ0v) is 36.9. The van der Waals surface area contributed by atoms with Crippen molar-refractivity contribution in [2.24, 2.45) is 13.0 Å². The van der Waals surface area contributed by atoms with Crippen molar-refractivity contribution in [3.8, 4) is 11.4 Å². The number of carbonyl (C=O) groups excluding carboxylic acids is 1. The molecule has 1 N–H and O–H groups in total. The molecule has 0 radical (unpaired) electrons. The molecule has 0 bridgehead atoms. The topological polar surface area (TPSA) is 159 Å². The van der Waals surface area contributed by atoms with Gasteiger partial charge < -0.3 is 10.1 Å². The Morgan fingerprint density at radius 1 is 1.00 bits per heavy atom. The first kappa shape index (κ1) is 46.4. The minimum atomic E-state index is -5.06. The van der Waals surface area contributed by atoms with Crippen LogP contribution in [0.1, 0.15) is 64.4 Å². The Bertz CT molecular complexity index is 3360. The lowest BCUT2D eigenvalue weighted by atomic mass is 10.0. The van der Waals surface area contributed by atoms with Gasteiger partial charge in [0.15, 0.2) is 11.5 Å². The van der Waals surface area contributed by atoms with E-state index in [-0.39, 0.29) is 51.5 Å². The quantitative estimate of drug-likeness (QED) is 0.113. The van der Waals surface area contributed by atoms with E-state index in [0.717, 1.165) is 38.0 Å². The van der Waals surface area contributed by atoms with Crippen molar-refractivity contribution >= 4 is 55.3 Å². The number of sulfonamides is 1. The molecule has 4 heterocycles. The van der Waals surface area contributed by atoms with Crippen molar-refractivity contribution in [3.05, 3.63) is 133 Å². The fraction of sp³-hybridized carbons (Fsp3) is 0.302. The van der Waals surface area contributed by atoms with Crippen molar-refractivity contribution in [2.75, 3.05) is 17.7 Å². The van der Waals surface area contributed by atoms with Crippen LogP contribution in [0.25, 0.3) is 27.6 Å². The Balaban J connectivity index is 1.25. The number of hydrogen-bond acceptors (Lipinski definition) is 9. The summed E-state index contributed by atoms with van der Waals surface area (Å²) in [5, 5.41) is 9.93. The Morgan fingerprint density at radius 2 is 1.69 bits per heavy atom. The molecule has 0 spiro atoms. The number of hydrogen-bond donors (Lipinski definition) is 1. The van der Waals surface area contributed by atoms with Gasteiger partial charge in [0.1, 0.15) is 46.8 Å². The number of ether oxygens (including phenoxy) is 1. The van der Waals surface area contributed by atoms with Crippen LogP contribution in [0.5, 0.6) is 5.75 Å². The summed E-state index contributed by atoms with van der Waals surface area (Å²) in [5.41, 5.74) is -5.69. The molecule has 25 heteroatoms. The average molecular weight is 994 g/mol. The van der Waals surface area contributed by atoms with Crippen LogP contribution in [0, 0.1) is 17.6 Å². The molecule has 1 fully saturated rings. The number of anilines is 1. The molecule has 14 nitrogen and oxygen atoms in total. The third-order valence-electron chi connectivity index (χ3n) is 11.8. The Labute approximate surface area is 383 Å². The summed E-state index contributed by atoms with van der Waals surface area (Å²) in [6, 6.07) is 10.6. The minimum absolute atomic E-state index is 0.0665. The zero-order valence-electron chi connectivity index (χ0n) is 35.3. The van der Waals surface area contributed by atoms with Crippen LogP contribution in [-0.4, -0.2) is 61.8 Å².